The van der Waals surface area contributed by atoms with Crippen LogP contribution in [-0.2, 0) is 16.4 Å². The van der Waals surface area contributed by atoms with E-state index >= 15 is 0 Å². The Morgan fingerprint density at radius 1 is 1.12 bits per heavy atom. The fraction of sp³-hybridized carbons (Fsp3) is 0.235. The molecule has 1 aliphatic rings. The second kappa shape index (κ2) is 6.52. The van der Waals surface area contributed by atoms with Crippen molar-refractivity contribution in [2.45, 2.75) is 13.5 Å². The van der Waals surface area contributed by atoms with Crippen molar-refractivity contribution in [1.29, 1.82) is 0 Å². The van der Waals surface area contributed by atoms with Gasteiger partial charge in [0, 0.05) is 24.1 Å². The van der Waals surface area contributed by atoms with E-state index in [0.717, 1.165) is 17.4 Å². The molecule has 0 bridgehead atoms. The maximum atomic E-state index is 11.7. The lowest BCUT2D eigenvalue weighted by atomic mass is 10.0. The monoisotopic (exact) mass is 343 g/mol. The van der Waals surface area contributed by atoms with E-state index in [1.807, 2.05) is 30.3 Å². The highest BCUT2D eigenvalue weighted by Crippen LogP contribution is 2.22. The highest BCUT2D eigenvalue weighted by Gasteiger charge is 2.31. The molecule has 2 heterocycles. The molecule has 2 aromatic rings. The third kappa shape index (κ3) is 3.51. The Morgan fingerprint density at radius 2 is 1.88 bits per heavy atom. The summed E-state index contributed by atoms with van der Waals surface area (Å²) in [6.45, 7) is 2.18. The minimum Gasteiger partial charge on any atom is -0.473 e. The van der Waals surface area contributed by atoms with E-state index < -0.39 is 9.84 Å². The van der Waals surface area contributed by atoms with E-state index in [9.17, 15) is 8.42 Å². The zero-order chi connectivity index (χ0) is 17.2. The Labute approximate surface area is 140 Å². The zero-order valence-corrected chi connectivity index (χ0v) is 14.2. The van der Waals surface area contributed by atoms with Gasteiger partial charge in [0.2, 0.25) is 5.88 Å². The summed E-state index contributed by atoms with van der Waals surface area (Å²) in [5.41, 5.74) is 2.39. The quantitative estimate of drug-likeness (QED) is 0.854. The van der Waals surface area contributed by atoms with Crippen LogP contribution in [-0.4, -0.2) is 30.4 Å². The third-order valence-corrected chi connectivity index (χ3v) is 4.87. The third-order valence-electron chi connectivity index (χ3n) is 3.68. The molecule has 1 atom stereocenters. The average molecular weight is 343 g/mol. The van der Waals surface area contributed by atoms with E-state index in [1.165, 1.54) is 0 Å². The number of ether oxygens (including phenoxy) is 1. The minimum absolute atomic E-state index is 0.0843. The summed E-state index contributed by atoms with van der Waals surface area (Å²) in [7, 11) is -3.36. The molecule has 0 N–H and O–H groups in total. The van der Waals surface area contributed by atoms with E-state index in [0.29, 0.717) is 18.2 Å². The van der Waals surface area contributed by atoms with E-state index in [4.69, 9.17) is 4.74 Å². The molecule has 24 heavy (non-hydrogen) atoms. The van der Waals surface area contributed by atoms with Crippen molar-refractivity contribution in [3.8, 4) is 5.88 Å². The topological polar surface area (TPSA) is 81.0 Å². The van der Waals surface area contributed by atoms with E-state index in [-0.39, 0.29) is 11.0 Å². The van der Waals surface area contributed by atoms with Gasteiger partial charge in [-0.3, -0.25) is 0 Å². The lowest BCUT2D eigenvalue weighted by Crippen LogP contribution is -2.24. The molecular weight excluding hydrogens is 326 g/mol. The summed E-state index contributed by atoms with van der Waals surface area (Å²) in [5, 5.41) is 7.95. The van der Waals surface area contributed by atoms with Crippen LogP contribution in [0.3, 0.4) is 0 Å². The predicted molar refractivity (Wildman–Crippen MR) is 93.0 cm³/mol. The maximum absolute atomic E-state index is 11.7. The maximum Gasteiger partial charge on any atom is 0.214 e. The van der Waals surface area contributed by atoms with Gasteiger partial charge < -0.3 is 4.74 Å². The number of rotatable bonds is 4. The van der Waals surface area contributed by atoms with Gasteiger partial charge in [0.05, 0.1) is 11.6 Å². The Morgan fingerprint density at radius 3 is 2.54 bits per heavy atom. The van der Waals surface area contributed by atoms with Crippen LogP contribution in [0, 0.1) is 5.92 Å². The largest absolute Gasteiger partial charge is 0.473 e. The Kier molecular flexibility index (Phi) is 4.44. The summed E-state index contributed by atoms with van der Waals surface area (Å²) in [5.74, 6) is 0.0726. The molecule has 7 heteroatoms. The summed E-state index contributed by atoms with van der Waals surface area (Å²) < 4.78 is 29.1. The number of nitrogens with zero attached hydrogens (tertiary/aromatic N) is 3. The van der Waals surface area contributed by atoms with Crippen LogP contribution >= 0.6 is 0 Å². The number of sulfone groups is 1. The van der Waals surface area contributed by atoms with Crippen LogP contribution in [0.25, 0.3) is 0 Å². The molecule has 1 aromatic carbocycles. The number of hydrogen-bond donors (Lipinski definition) is 0. The Balaban J connectivity index is 1.75. The number of hydrogen-bond acceptors (Lipinski definition) is 6. The first-order valence-electron chi connectivity index (χ1n) is 7.44. The molecule has 0 spiro atoms. The fourth-order valence-corrected chi connectivity index (χ4v) is 3.42. The van der Waals surface area contributed by atoms with Crippen molar-refractivity contribution in [2.24, 2.45) is 16.1 Å². The van der Waals surface area contributed by atoms with E-state index in [2.05, 4.69) is 15.2 Å². The first-order valence-corrected chi connectivity index (χ1v) is 9.33. The normalized spacial score (nSPS) is 17.3. The molecule has 1 aliphatic heterocycles. The molecule has 0 fully saturated rings. The second-order valence-electron chi connectivity index (χ2n) is 5.57. The second-order valence-corrected chi connectivity index (χ2v) is 7.54. The lowest BCUT2D eigenvalue weighted by molar-refractivity contribution is 0.294. The van der Waals surface area contributed by atoms with Crippen LogP contribution in [0.15, 0.2) is 58.9 Å². The van der Waals surface area contributed by atoms with Crippen LogP contribution in [0.5, 0.6) is 5.88 Å². The van der Waals surface area contributed by atoms with Gasteiger partial charge >= 0.3 is 0 Å². The molecule has 6 nitrogen and oxygen atoms in total. The molecule has 0 aliphatic carbocycles. The van der Waals surface area contributed by atoms with Gasteiger partial charge in [0.1, 0.15) is 6.61 Å². The summed E-state index contributed by atoms with van der Waals surface area (Å²) in [4.78, 5) is 4.19. The first-order chi connectivity index (χ1) is 11.4. The minimum atomic E-state index is -3.36. The number of aromatic nitrogens is 1. The summed E-state index contributed by atoms with van der Waals surface area (Å²) in [6.07, 6.45) is 2.76. The predicted octanol–water partition coefficient (Wildman–Crippen LogP) is 2.46. The molecule has 0 radical (unpaired) electrons. The first kappa shape index (κ1) is 16.3. The molecule has 3 rings (SSSR count). The van der Waals surface area contributed by atoms with Crippen molar-refractivity contribution in [3.05, 3.63) is 59.8 Å². The van der Waals surface area contributed by atoms with Gasteiger partial charge in [0.25, 0.3) is 0 Å². The van der Waals surface area contributed by atoms with Crippen LogP contribution < -0.4 is 4.74 Å². The standard InChI is InChI=1S/C17H17N3O3S/c1-12-16(19-20-17(12)24(2,21)22)14-8-9-18-15(10-14)23-11-13-6-4-3-5-7-13/h3-10,12H,11H2,1-2H3. The van der Waals surface area contributed by atoms with Gasteiger partial charge in [-0.2, -0.15) is 5.10 Å². The van der Waals surface area contributed by atoms with Crippen LogP contribution in [0.1, 0.15) is 18.1 Å². The molecule has 0 saturated heterocycles. The molecule has 1 aromatic heterocycles. The number of benzene rings is 1. The smallest absolute Gasteiger partial charge is 0.214 e. The van der Waals surface area contributed by atoms with Crippen LogP contribution in [0.4, 0.5) is 0 Å². The van der Waals surface area contributed by atoms with Gasteiger partial charge in [-0.05, 0) is 11.6 Å². The molecule has 0 amide bonds. The lowest BCUT2D eigenvalue weighted by Gasteiger charge is -2.10. The van der Waals surface area contributed by atoms with Gasteiger partial charge in [-0.15, -0.1) is 5.10 Å². The van der Waals surface area contributed by atoms with Crippen molar-refractivity contribution in [1.82, 2.24) is 4.98 Å². The molecule has 0 saturated carbocycles. The number of pyridine rings is 1. The van der Waals surface area contributed by atoms with Gasteiger partial charge in [-0.1, -0.05) is 37.3 Å². The highest BCUT2D eigenvalue weighted by atomic mass is 32.2. The zero-order valence-electron chi connectivity index (χ0n) is 13.4. The average Bonchev–Trinajstić information content (AvgIpc) is 2.96. The van der Waals surface area contributed by atoms with Crippen LogP contribution in [0.2, 0.25) is 0 Å². The van der Waals surface area contributed by atoms with Gasteiger partial charge in [0.15, 0.2) is 14.9 Å². The Bertz CT molecular complexity index is 906. The summed E-state index contributed by atoms with van der Waals surface area (Å²) in [6, 6.07) is 13.3. The molecule has 124 valence electrons. The van der Waals surface area contributed by atoms with E-state index in [1.54, 1.807) is 25.3 Å². The highest BCUT2D eigenvalue weighted by molar-refractivity contribution is 8.05. The Hall–Kier alpha value is -2.54. The van der Waals surface area contributed by atoms with Crippen molar-refractivity contribution in [2.75, 3.05) is 6.26 Å². The van der Waals surface area contributed by atoms with Crippen molar-refractivity contribution in [3.63, 3.8) is 0 Å². The molecule has 1 unspecified atom stereocenters. The summed E-state index contributed by atoms with van der Waals surface area (Å²) >= 11 is 0. The fourth-order valence-electron chi connectivity index (χ4n) is 2.48. The van der Waals surface area contributed by atoms with Crippen molar-refractivity contribution < 1.29 is 13.2 Å². The van der Waals surface area contributed by atoms with Crippen molar-refractivity contribution >= 4 is 20.6 Å². The molecular formula is C17H17N3O3S. The van der Waals surface area contributed by atoms with Gasteiger partial charge in [-0.25, -0.2) is 13.4 Å². The SMILES string of the molecule is CC1C(c2ccnc(OCc3ccccc3)c2)=NN=C1S(C)(=O)=O.